The maximum atomic E-state index is 12.8. The minimum absolute atomic E-state index is 0.0586. The Morgan fingerprint density at radius 2 is 2.12 bits per heavy atom. The van der Waals surface area contributed by atoms with Crippen LogP contribution in [0.4, 0.5) is 5.82 Å². The van der Waals surface area contributed by atoms with Gasteiger partial charge in [0.25, 0.3) is 5.91 Å². The van der Waals surface area contributed by atoms with Gasteiger partial charge in [0.1, 0.15) is 11.9 Å². The van der Waals surface area contributed by atoms with Gasteiger partial charge in [0, 0.05) is 26.1 Å². The molecule has 2 N–H and O–H groups in total. The number of aryl methyl sites for hydroxylation is 2. The highest BCUT2D eigenvalue weighted by atomic mass is 16.4. The summed E-state index contributed by atoms with van der Waals surface area (Å²) in [6.45, 7) is 2.45. The summed E-state index contributed by atoms with van der Waals surface area (Å²) < 4.78 is 1.66. The van der Waals surface area contributed by atoms with Crippen molar-refractivity contribution in [2.75, 3.05) is 11.4 Å². The summed E-state index contributed by atoms with van der Waals surface area (Å²) in [6.07, 6.45) is 3.15. The van der Waals surface area contributed by atoms with Crippen LogP contribution in [0.15, 0.2) is 6.07 Å². The molecule has 0 bridgehead atoms. The first-order chi connectivity index (χ1) is 11.8. The number of rotatable bonds is 5. The molecule has 1 aliphatic heterocycles. The zero-order valence-corrected chi connectivity index (χ0v) is 14.6. The number of nitrogens with one attached hydrogen (secondary N) is 1. The van der Waals surface area contributed by atoms with E-state index in [2.05, 4.69) is 10.4 Å². The van der Waals surface area contributed by atoms with Crippen molar-refractivity contribution >= 4 is 23.6 Å². The summed E-state index contributed by atoms with van der Waals surface area (Å²) in [5, 5.41) is 16.4. The molecule has 0 aromatic carbocycles. The molecule has 1 saturated carbocycles. The lowest BCUT2D eigenvalue weighted by Gasteiger charge is -2.38. The lowest BCUT2D eigenvalue weighted by Crippen LogP contribution is -2.54. The number of carboxylic acid groups (broad SMARTS) is 1. The first-order valence-corrected chi connectivity index (χ1v) is 8.67. The number of nitrogens with zero attached hydrogens (tertiary/aromatic N) is 3. The van der Waals surface area contributed by atoms with Gasteiger partial charge in [0.05, 0.1) is 11.1 Å². The minimum atomic E-state index is -0.944. The fraction of sp³-hybridized carbons (Fsp3) is 0.647. The number of carbonyl (C=O) groups excluding carboxylic acids is 2. The smallest absolute Gasteiger partial charge is 0.310 e. The van der Waals surface area contributed by atoms with Gasteiger partial charge in [-0.15, -0.1) is 0 Å². The second-order valence-corrected chi connectivity index (χ2v) is 7.14. The van der Waals surface area contributed by atoms with E-state index in [9.17, 15) is 19.5 Å². The number of aromatic nitrogens is 2. The second kappa shape index (κ2) is 6.50. The number of carbonyl (C=O) groups is 3. The molecule has 2 heterocycles. The van der Waals surface area contributed by atoms with Crippen molar-refractivity contribution in [3.8, 4) is 0 Å². The van der Waals surface area contributed by atoms with Crippen LogP contribution in [-0.2, 0) is 21.4 Å². The molecule has 2 amide bonds. The van der Waals surface area contributed by atoms with E-state index < -0.39 is 17.4 Å². The molecule has 2 aliphatic rings. The average Bonchev–Trinajstić information content (AvgIpc) is 2.83. The average molecular weight is 348 g/mol. The number of hydrogen-bond acceptors (Lipinski definition) is 4. The molecule has 0 spiro atoms. The summed E-state index contributed by atoms with van der Waals surface area (Å²) in [5.41, 5.74) is -0.120. The monoisotopic (exact) mass is 348 g/mol. The highest BCUT2D eigenvalue weighted by molar-refractivity contribution is 5.99. The van der Waals surface area contributed by atoms with Crippen molar-refractivity contribution in [2.45, 2.75) is 51.5 Å². The van der Waals surface area contributed by atoms with Crippen LogP contribution < -0.4 is 10.2 Å². The molecule has 1 aromatic rings. The molecule has 136 valence electrons. The molecular weight excluding hydrogens is 324 g/mol. The molecule has 1 saturated heterocycles. The van der Waals surface area contributed by atoms with Crippen LogP contribution in [0.2, 0.25) is 0 Å². The van der Waals surface area contributed by atoms with Gasteiger partial charge in [-0.05, 0) is 32.6 Å². The van der Waals surface area contributed by atoms with Gasteiger partial charge in [0.15, 0.2) is 0 Å². The van der Waals surface area contributed by atoms with E-state index in [1.165, 1.54) is 0 Å². The van der Waals surface area contributed by atoms with Crippen molar-refractivity contribution in [3.05, 3.63) is 11.8 Å². The number of carboxylic acids is 1. The van der Waals surface area contributed by atoms with Crippen molar-refractivity contribution in [1.82, 2.24) is 15.1 Å². The normalized spacial score (nSPS) is 22.4. The number of aliphatic carboxylic acids is 1. The van der Waals surface area contributed by atoms with E-state index in [4.69, 9.17) is 0 Å². The molecule has 8 nitrogen and oxygen atoms in total. The number of hydrogen-bond donors (Lipinski definition) is 2. The van der Waals surface area contributed by atoms with Crippen LogP contribution in [0, 0.1) is 12.3 Å². The standard InChI is InChI=1S/C17H24N4O4/c1-11-9-14(20(2)19-11)21-8-3-5-12(15(21)23)18-13(22)10-17(16(24)25)6-4-7-17/h9,12H,3-8,10H2,1-2H3,(H,18,22)(H,24,25). The third-order valence-corrected chi connectivity index (χ3v) is 5.29. The summed E-state index contributed by atoms with van der Waals surface area (Å²) in [4.78, 5) is 38.1. The van der Waals surface area contributed by atoms with Crippen LogP contribution in [-0.4, -0.2) is 45.3 Å². The van der Waals surface area contributed by atoms with Crippen LogP contribution >= 0.6 is 0 Å². The Balaban J connectivity index is 1.66. The highest BCUT2D eigenvalue weighted by Gasteiger charge is 2.46. The van der Waals surface area contributed by atoms with Crippen molar-refractivity contribution in [2.24, 2.45) is 12.5 Å². The Morgan fingerprint density at radius 3 is 2.64 bits per heavy atom. The first kappa shape index (κ1) is 17.4. The molecule has 3 rings (SSSR count). The van der Waals surface area contributed by atoms with E-state index in [0.29, 0.717) is 31.6 Å². The molecule has 25 heavy (non-hydrogen) atoms. The summed E-state index contributed by atoms with van der Waals surface area (Å²) in [6, 6.07) is 1.23. The van der Waals surface area contributed by atoms with Crippen LogP contribution in [0.3, 0.4) is 0 Å². The molecule has 0 radical (unpaired) electrons. The van der Waals surface area contributed by atoms with E-state index in [0.717, 1.165) is 18.5 Å². The van der Waals surface area contributed by atoms with Crippen LogP contribution in [0.5, 0.6) is 0 Å². The number of anilines is 1. The predicted octanol–water partition coefficient (Wildman–Crippen LogP) is 0.985. The largest absolute Gasteiger partial charge is 0.481 e. The molecule has 2 fully saturated rings. The summed E-state index contributed by atoms with van der Waals surface area (Å²) in [5.74, 6) is -0.734. The fourth-order valence-electron chi connectivity index (χ4n) is 3.71. The Labute approximate surface area is 146 Å². The topological polar surface area (TPSA) is 105 Å². The van der Waals surface area contributed by atoms with Gasteiger partial charge in [0.2, 0.25) is 5.91 Å². The minimum Gasteiger partial charge on any atom is -0.481 e. The zero-order valence-electron chi connectivity index (χ0n) is 14.6. The van der Waals surface area contributed by atoms with E-state index in [1.54, 1.807) is 16.6 Å². The van der Waals surface area contributed by atoms with E-state index >= 15 is 0 Å². The maximum Gasteiger partial charge on any atom is 0.310 e. The van der Waals surface area contributed by atoms with Gasteiger partial charge in [-0.25, -0.2) is 0 Å². The molecular formula is C17H24N4O4. The van der Waals surface area contributed by atoms with Gasteiger partial charge >= 0.3 is 5.97 Å². The Bertz CT molecular complexity index is 708. The number of amides is 2. The molecule has 1 aliphatic carbocycles. The second-order valence-electron chi connectivity index (χ2n) is 7.14. The Hall–Kier alpha value is -2.38. The van der Waals surface area contributed by atoms with Crippen molar-refractivity contribution in [3.63, 3.8) is 0 Å². The highest BCUT2D eigenvalue weighted by Crippen LogP contribution is 2.44. The first-order valence-electron chi connectivity index (χ1n) is 8.67. The van der Waals surface area contributed by atoms with E-state index in [1.807, 2.05) is 13.0 Å². The van der Waals surface area contributed by atoms with E-state index in [-0.39, 0.29) is 18.2 Å². The SMILES string of the molecule is Cc1cc(N2CCCC(NC(=O)CC3(C(=O)O)CCC3)C2=O)n(C)n1. The fourth-order valence-corrected chi connectivity index (χ4v) is 3.71. The van der Waals surface area contributed by atoms with Crippen molar-refractivity contribution in [1.29, 1.82) is 0 Å². The van der Waals surface area contributed by atoms with Gasteiger partial charge in [-0.3, -0.25) is 24.0 Å². The molecule has 1 aromatic heterocycles. The van der Waals surface area contributed by atoms with Gasteiger partial charge < -0.3 is 10.4 Å². The Kier molecular flexibility index (Phi) is 4.53. The number of piperidine rings is 1. The third-order valence-electron chi connectivity index (χ3n) is 5.29. The quantitative estimate of drug-likeness (QED) is 0.825. The van der Waals surface area contributed by atoms with Gasteiger partial charge in [-0.1, -0.05) is 6.42 Å². The van der Waals surface area contributed by atoms with Crippen LogP contribution in [0.25, 0.3) is 0 Å². The Morgan fingerprint density at radius 1 is 1.40 bits per heavy atom. The lowest BCUT2D eigenvalue weighted by atomic mass is 9.66. The van der Waals surface area contributed by atoms with Gasteiger partial charge in [-0.2, -0.15) is 5.10 Å². The summed E-state index contributed by atoms with van der Waals surface area (Å²) >= 11 is 0. The molecule has 1 atom stereocenters. The predicted molar refractivity (Wildman–Crippen MR) is 90.0 cm³/mol. The molecule has 8 heteroatoms. The third kappa shape index (κ3) is 3.25. The maximum absolute atomic E-state index is 12.8. The van der Waals surface area contributed by atoms with Crippen molar-refractivity contribution < 1.29 is 19.5 Å². The molecule has 1 unspecified atom stereocenters. The van der Waals surface area contributed by atoms with Crippen LogP contribution in [0.1, 0.15) is 44.2 Å². The zero-order chi connectivity index (χ0) is 18.2. The summed E-state index contributed by atoms with van der Waals surface area (Å²) in [7, 11) is 1.78. The lowest BCUT2D eigenvalue weighted by molar-refractivity contribution is -0.157.